The van der Waals surface area contributed by atoms with E-state index in [2.05, 4.69) is 36.9 Å². The van der Waals surface area contributed by atoms with E-state index in [9.17, 15) is 13.2 Å². The number of nitrogens with one attached hydrogen (secondary N) is 3. The molecule has 1 saturated carbocycles. The van der Waals surface area contributed by atoms with Crippen molar-refractivity contribution in [3.8, 4) is 5.75 Å². The summed E-state index contributed by atoms with van der Waals surface area (Å²) in [4.78, 5) is 21.3. The minimum Gasteiger partial charge on any atom is -0.496 e. The molecule has 196 valence electrons. The van der Waals surface area contributed by atoms with Crippen molar-refractivity contribution in [3.63, 3.8) is 0 Å². The molecule has 3 N–H and O–H groups in total. The minimum atomic E-state index is -3.71. The molecule has 0 radical (unpaired) electrons. The SMILES string of the molecule is COc1ccccc1C(=O)NCC1(c2ccccc2)CCC(NS(=O)(=O)NCc2cnc(C)cn2)CC1. The van der Waals surface area contributed by atoms with Crippen molar-refractivity contribution < 1.29 is 17.9 Å². The number of carbonyl (C=O) groups excluding carboxylic acids is 1. The van der Waals surface area contributed by atoms with Crippen LogP contribution in [0.15, 0.2) is 67.0 Å². The van der Waals surface area contributed by atoms with Crippen LogP contribution < -0.4 is 19.5 Å². The molecule has 4 rings (SSSR count). The number of amides is 1. The summed E-state index contributed by atoms with van der Waals surface area (Å²) >= 11 is 0. The summed E-state index contributed by atoms with van der Waals surface area (Å²) in [6.45, 7) is 2.33. The topological polar surface area (TPSA) is 122 Å². The van der Waals surface area contributed by atoms with Gasteiger partial charge in [-0.15, -0.1) is 0 Å². The van der Waals surface area contributed by atoms with Gasteiger partial charge in [0.1, 0.15) is 5.75 Å². The molecule has 0 unspecified atom stereocenters. The molecule has 3 aromatic rings. The first-order valence-corrected chi connectivity index (χ1v) is 13.8. The van der Waals surface area contributed by atoms with E-state index in [0.29, 0.717) is 36.4 Å². The number of aryl methyl sites for hydroxylation is 1. The number of methoxy groups -OCH3 is 1. The molecule has 1 aromatic heterocycles. The Hall–Kier alpha value is -3.34. The molecule has 0 aliphatic heterocycles. The third-order valence-corrected chi connectivity index (χ3v) is 8.04. The lowest BCUT2D eigenvalue weighted by atomic mass is 9.68. The predicted molar refractivity (Wildman–Crippen MR) is 141 cm³/mol. The Balaban J connectivity index is 1.40. The molecule has 1 amide bonds. The van der Waals surface area contributed by atoms with E-state index in [0.717, 1.165) is 24.1 Å². The van der Waals surface area contributed by atoms with Gasteiger partial charge in [0, 0.05) is 24.2 Å². The number of hydrogen-bond acceptors (Lipinski definition) is 6. The quantitative estimate of drug-likeness (QED) is 0.376. The molecule has 9 nitrogen and oxygen atoms in total. The summed E-state index contributed by atoms with van der Waals surface area (Å²) in [5, 5.41) is 3.11. The van der Waals surface area contributed by atoms with Crippen LogP contribution >= 0.6 is 0 Å². The molecular formula is C27H33N5O4S. The van der Waals surface area contributed by atoms with Gasteiger partial charge in [0.15, 0.2) is 0 Å². The Bertz CT molecular complexity index is 1290. The van der Waals surface area contributed by atoms with E-state index in [4.69, 9.17) is 4.74 Å². The number of hydrogen-bond donors (Lipinski definition) is 3. The second-order valence-corrected chi connectivity index (χ2v) is 10.9. The zero-order valence-corrected chi connectivity index (χ0v) is 21.9. The molecule has 10 heteroatoms. The summed E-state index contributed by atoms with van der Waals surface area (Å²) < 4.78 is 36.0. The number of ether oxygens (including phenoxy) is 1. The monoisotopic (exact) mass is 523 g/mol. The average molecular weight is 524 g/mol. The lowest BCUT2D eigenvalue weighted by Crippen LogP contribution is -2.49. The highest BCUT2D eigenvalue weighted by Crippen LogP contribution is 2.39. The van der Waals surface area contributed by atoms with Crippen molar-refractivity contribution >= 4 is 16.1 Å². The Morgan fingerprint density at radius 3 is 2.41 bits per heavy atom. The van der Waals surface area contributed by atoms with Gasteiger partial charge in [0.2, 0.25) is 0 Å². The first-order valence-electron chi connectivity index (χ1n) is 12.3. The highest BCUT2D eigenvalue weighted by Gasteiger charge is 2.38. The number of benzene rings is 2. The number of nitrogens with zero attached hydrogens (tertiary/aromatic N) is 2. The van der Waals surface area contributed by atoms with E-state index in [1.54, 1.807) is 37.7 Å². The highest BCUT2D eigenvalue weighted by molar-refractivity contribution is 7.87. The van der Waals surface area contributed by atoms with Crippen LogP contribution in [0.2, 0.25) is 0 Å². The molecular weight excluding hydrogens is 490 g/mol. The maximum Gasteiger partial charge on any atom is 0.277 e. The second kappa shape index (κ2) is 11.8. The van der Waals surface area contributed by atoms with E-state index in [1.165, 1.54) is 0 Å². The lowest BCUT2D eigenvalue weighted by Gasteiger charge is -2.41. The highest BCUT2D eigenvalue weighted by atomic mass is 32.2. The van der Waals surface area contributed by atoms with Crippen molar-refractivity contribution in [2.75, 3.05) is 13.7 Å². The molecule has 1 aliphatic rings. The first-order chi connectivity index (χ1) is 17.8. The normalized spacial score (nSPS) is 19.8. The fraction of sp³-hybridized carbons (Fsp3) is 0.370. The van der Waals surface area contributed by atoms with Crippen molar-refractivity contribution in [2.45, 2.75) is 50.6 Å². The summed E-state index contributed by atoms with van der Waals surface area (Å²) in [6, 6.07) is 17.0. The molecule has 0 spiro atoms. The molecule has 2 aromatic carbocycles. The summed E-state index contributed by atoms with van der Waals surface area (Å²) in [5.74, 6) is 0.329. The standard InChI is InChI=1S/C27H33N5O4S/c1-20-16-29-23(17-28-20)18-31-37(34,35)32-22-12-14-27(15-13-22,21-8-4-3-5-9-21)19-30-26(33)24-10-6-7-11-25(24)36-2/h3-11,16-17,22,31-32H,12-15,18-19H2,1-2H3,(H,30,33). The molecule has 1 aliphatic carbocycles. The van der Waals surface area contributed by atoms with Crippen LogP contribution in [-0.4, -0.2) is 44.0 Å². The van der Waals surface area contributed by atoms with Crippen LogP contribution in [0.1, 0.15) is 53.0 Å². The largest absolute Gasteiger partial charge is 0.496 e. The zero-order chi connectivity index (χ0) is 26.3. The zero-order valence-electron chi connectivity index (χ0n) is 21.1. The van der Waals surface area contributed by atoms with Crippen molar-refractivity contribution in [2.24, 2.45) is 0 Å². The molecule has 0 saturated heterocycles. The smallest absolute Gasteiger partial charge is 0.277 e. The number of rotatable bonds is 10. The Morgan fingerprint density at radius 1 is 1.03 bits per heavy atom. The first kappa shape index (κ1) is 26.7. The maximum absolute atomic E-state index is 13.0. The van der Waals surface area contributed by atoms with Crippen molar-refractivity contribution in [3.05, 3.63) is 89.5 Å². The van der Waals surface area contributed by atoms with E-state index < -0.39 is 10.2 Å². The van der Waals surface area contributed by atoms with E-state index in [1.807, 2.05) is 31.2 Å². The fourth-order valence-corrected chi connectivity index (χ4v) is 5.86. The van der Waals surface area contributed by atoms with Gasteiger partial charge in [0.25, 0.3) is 16.1 Å². The second-order valence-electron chi connectivity index (χ2n) is 9.40. The summed E-state index contributed by atoms with van der Waals surface area (Å²) in [7, 11) is -2.17. The van der Waals surface area contributed by atoms with Gasteiger partial charge in [-0.25, -0.2) is 0 Å². The number of para-hydroxylation sites is 1. The molecule has 0 bridgehead atoms. The van der Waals surface area contributed by atoms with Gasteiger partial charge in [-0.3, -0.25) is 14.8 Å². The predicted octanol–water partition coefficient (Wildman–Crippen LogP) is 3.03. The molecule has 0 atom stereocenters. The Morgan fingerprint density at radius 2 is 1.73 bits per heavy atom. The van der Waals surface area contributed by atoms with E-state index in [-0.39, 0.29) is 23.9 Å². The van der Waals surface area contributed by atoms with Gasteiger partial charge in [-0.05, 0) is 50.3 Å². The molecule has 37 heavy (non-hydrogen) atoms. The molecule has 1 fully saturated rings. The van der Waals surface area contributed by atoms with Crippen LogP contribution in [0.4, 0.5) is 0 Å². The van der Waals surface area contributed by atoms with Gasteiger partial charge in [-0.2, -0.15) is 17.9 Å². The van der Waals surface area contributed by atoms with Gasteiger partial charge in [0.05, 0.1) is 36.8 Å². The number of aromatic nitrogens is 2. The summed E-state index contributed by atoms with van der Waals surface area (Å²) in [6.07, 6.45) is 5.90. The third-order valence-electron chi connectivity index (χ3n) is 6.87. The van der Waals surface area contributed by atoms with Crippen LogP contribution in [0, 0.1) is 6.92 Å². The van der Waals surface area contributed by atoms with Crippen LogP contribution in [0.3, 0.4) is 0 Å². The van der Waals surface area contributed by atoms with Gasteiger partial charge >= 0.3 is 0 Å². The van der Waals surface area contributed by atoms with Crippen LogP contribution in [-0.2, 0) is 22.2 Å². The van der Waals surface area contributed by atoms with Crippen LogP contribution in [0.5, 0.6) is 5.75 Å². The minimum absolute atomic E-state index is 0.0677. The number of carbonyl (C=O) groups is 1. The Labute approximate surface area is 218 Å². The third kappa shape index (κ3) is 6.91. The molecule has 1 heterocycles. The van der Waals surface area contributed by atoms with E-state index >= 15 is 0 Å². The van der Waals surface area contributed by atoms with Crippen LogP contribution in [0.25, 0.3) is 0 Å². The van der Waals surface area contributed by atoms with Gasteiger partial charge in [-0.1, -0.05) is 42.5 Å². The maximum atomic E-state index is 13.0. The van der Waals surface area contributed by atoms with Crippen molar-refractivity contribution in [1.29, 1.82) is 0 Å². The van der Waals surface area contributed by atoms with Crippen molar-refractivity contribution in [1.82, 2.24) is 24.7 Å². The average Bonchev–Trinajstić information content (AvgIpc) is 2.92. The fourth-order valence-electron chi connectivity index (χ4n) is 4.77. The summed E-state index contributed by atoms with van der Waals surface area (Å²) in [5.41, 5.74) is 2.64. The van der Waals surface area contributed by atoms with Gasteiger partial charge < -0.3 is 10.1 Å². The Kier molecular flexibility index (Phi) is 8.52. The lowest BCUT2D eigenvalue weighted by molar-refractivity contribution is 0.0932.